The van der Waals surface area contributed by atoms with E-state index in [9.17, 15) is 4.79 Å². The third kappa shape index (κ3) is 3.18. The molecule has 0 radical (unpaired) electrons. The van der Waals surface area contributed by atoms with Crippen molar-refractivity contribution in [1.29, 1.82) is 0 Å². The van der Waals surface area contributed by atoms with Crippen molar-refractivity contribution in [2.75, 3.05) is 12.4 Å². The Labute approximate surface area is 151 Å². The molecule has 0 aliphatic heterocycles. The zero-order valence-corrected chi connectivity index (χ0v) is 14.7. The minimum atomic E-state index is 0.0129. The summed E-state index contributed by atoms with van der Waals surface area (Å²) in [4.78, 5) is 21.1. The molecule has 1 N–H and O–H groups in total. The third-order valence-corrected chi connectivity index (χ3v) is 4.76. The number of nitrogens with one attached hydrogen (secondary N) is 1. The minimum absolute atomic E-state index is 0.0129. The lowest BCUT2D eigenvalue weighted by Crippen LogP contribution is -2.15. The summed E-state index contributed by atoms with van der Waals surface area (Å²) in [5.41, 5.74) is 1.88. The highest BCUT2D eigenvalue weighted by atomic mass is 16.5. The molecule has 6 heteroatoms. The van der Waals surface area contributed by atoms with Crippen molar-refractivity contribution in [3.05, 3.63) is 66.4 Å². The van der Waals surface area contributed by atoms with Crippen molar-refractivity contribution < 1.29 is 9.53 Å². The Hall–Kier alpha value is -3.15. The van der Waals surface area contributed by atoms with Gasteiger partial charge in [0.15, 0.2) is 0 Å². The summed E-state index contributed by atoms with van der Waals surface area (Å²) in [6.45, 7) is 1.92. The molecular formula is C20H20N4O2. The van der Waals surface area contributed by atoms with Crippen LogP contribution in [0.1, 0.15) is 23.7 Å². The molecule has 3 aromatic rings. The lowest BCUT2D eigenvalue weighted by molar-refractivity contribution is -0.117. The Balaban J connectivity index is 1.39. The number of pyridine rings is 1. The number of carbonyl (C=O) groups excluding carboxylic acids is 1. The van der Waals surface area contributed by atoms with E-state index in [2.05, 4.69) is 15.3 Å². The van der Waals surface area contributed by atoms with Crippen LogP contribution < -0.4 is 10.1 Å². The second kappa shape index (κ2) is 6.63. The van der Waals surface area contributed by atoms with Crippen LogP contribution in [0, 0.1) is 12.8 Å². The zero-order chi connectivity index (χ0) is 18.1. The standard InChI is InChI=1S/C20H20N4O2/c1-13-21-9-10-24(13)19-8-5-15(12-22-19)23-20(25)18-11-17(18)14-3-6-16(26-2)7-4-14/h3-10,12,17-18H,11H2,1-2H3,(H,23,25)/t17-,18-/m0/s1. The molecule has 1 amide bonds. The van der Waals surface area contributed by atoms with Crippen molar-refractivity contribution in [2.45, 2.75) is 19.3 Å². The Kier molecular flexibility index (Phi) is 4.16. The van der Waals surface area contributed by atoms with E-state index in [1.165, 1.54) is 5.56 Å². The monoisotopic (exact) mass is 348 g/mol. The van der Waals surface area contributed by atoms with Crippen molar-refractivity contribution in [1.82, 2.24) is 14.5 Å². The Morgan fingerprint density at radius 2 is 2.00 bits per heavy atom. The summed E-state index contributed by atoms with van der Waals surface area (Å²) in [6.07, 6.45) is 6.15. The van der Waals surface area contributed by atoms with Crippen molar-refractivity contribution >= 4 is 11.6 Å². The van der Waals surface area contributed by atoms with Gasteiger partial charge in [0.1, 0.15) is 17.4 Å². The number of hydrogen-bond donors (Lipinski definition) is 1. The SMILES string of the molecule is COc1ccc([C@@H]2C[C@@H]2C(=O)Nc2ccc(-n3ccnc3C)nc2)cc1. The highest BCUT2D eigenvalue weighted by Gasteiger charge is 2.43. The number of anilines is 1. The van der Waals surface area contributed by atoms with E-state index in [0.29, 0.717) is 5.69 Å². The zero-order valence-electron chi connectivity index (χ0n) is 14.7. The van der Waals surface area contributed by atoms with E-state index in [-0.39, 0.29) is 17.7 Å². The van der Waals surface area contributed by atoms with E-state index < -0.39 is 0 Å². The quantitative estimate of drug-likeness (QED) is 0.768. The molecule has 1 saturated carbocycles. The summed E-state index contributed by atoms with van der Waals surface area (Å²) in [5.74, 6) is 2.81. The lowest BCUT2D eigenvalue weighted by Gasteiger charge is -2.07. The number of ether oxygens (including phenoxy) is 1. The van der Waals surface area contributed by atoms with Crippen molar-refractivity contribution in [3.8, 4) is 11.6 Å². The summed E-state index contributed by atoms with van der Waals surface area (Å²) in [6, 6.07) is 11.7. The van der Waals surface area contributed by atoms with Gasteiger partial charge in [-0.3, -0.25) is 9.36 Å². The molecule has 0 bridgehead atoms. The highest BCUT2D eigenvalue weighted by molar-refractivity contribution is 5.95. The highest BCUT2D eigenvalue weighted by Crippen LogP contribution is 2.48. The molecule has 1 aromatic carbocycles. The molecule has 0 spiro atoms. The predicted molar refractivity (Wildman–Crippen MR) is 98.6 cm³/mol. The number of aryl methyl sites for hydroxylation is 1. The van der Waals surface area contributed by atoms with Gasteiger partial charge in [0.25, 0.3) is 0 Å². The number of nitrogens with zero attached hydrogens (tertiary/aromatic N) is 3. The number of imidazole rings is 1. The Bertz CT molecular complexity index is 916. The maximum Gasteiger partial charge on any atom is 0.228 e. The first kappa shape index (κ1) is 16.3. The number of amides is 1. The molecular weight excluding hydrogens is 328 g/mol. The molecule has 1 fully saturated rings. The lowest BCUT2D eigenvalue weighted by atomic mass is 10.1. The first-order valence-corrected chi connectivity index (χ1v) is 8.57. The number of aromatic nitrogens is 3. The fourth-order valence-electron chi connectivity index (χ4n) is 3.16. The van der Waals surface area contributed by atoms with Crippen LogP contribution >= 0.6 is 0 Å². The molecule has 2 atom stereocenters. The average molecular weight is 348 g/mol. The van der Waals surface area contributed by atoms with Crippen LogP contribution in [0.5, 0.6) is 5.75 Å². The molecule has 0 saturated heterocycles. The first-order valence-electron chi connectivity index (χ1n) is 8.57. The van der Waals surface area contributed by atoms with Crippen LogP contribution in [0.4, 0.5) is 5.69 Å². The van der Waals surface area contributed by atoms with Crippen LogP contribution in [0.25, 0.3) is 5.82 Å². The predicted octanol–water partition coefficient (Wildman–Crippen LogP) is 3.33. The Morgan fingerprint density at radius 1 is 1.19 bits per heavy atom. The smallest absolute Gasteiger partial charge is 0.228 e. The van der Waals surface area contributed by atoms with Gasteiger partial charge >= 0.3 is 0 Å². The van der Waals surface area contributed by atoms with Crippen LogP contribution in [-0.2, 0) is 4.79 Å². The molecule has 0 unspecified atom stereocenters. The third-order valence-electron chi connectivity index (χ3n) is 4.76. The first-order chi connectivity index (χ1) is 12.7. The van der Waals surface area contributed by atoms with E-state index in [0.717, 1.165) is 23.8 Å². The summed E-state index contributed by atoms with van der Waals surface area (Å²) >= 11 is 0. The van der Waals surface area contributed by atoms with Gasteiger partial charge in [-0.05, 0) is 49.1 Å². The molecule has 1 aliphatic carbocycles. The van der Waals surface area contributed by atoms with Gasteiger partial charge in [-0.1, -0.05) is 12.1 Å². The van der Waals surface area contributed by atoms with Gasteiger partial charge in [0, 0.05) is 18.3 Å². The van der Waals surface area contributed by atoms with E-state index >= 15 is 0 Å². The van der Waals surface area contributed by atoms with Crippen LogP contribution in [0.15, 0.2) is 55.0 Å². The molecule has 132 valence electrons. The summed E-state index contributed by atoms with van der Waals surface area (Å²) in [5, 5.41) is 2.96. The summed E-state index contributed by atoms with van der Waals surface area (Å²) < 4.78 is 7.07. The molecule has 1 aliphatic rings. The Morgan fingerprint density at radius 3 is 2.62 bits per heavy atom. The fraction of sp³-hybridized carbons (Fsp3) is 0.250. The van der Waals surface area contributed by atoms with E-state index in [4.69, 9.17) is 4.74 Å². The van der Waals surface area contributed by atoms with Gasteiger partial charge in [0.05, 0.1) is 19.0 Å². The second-order valence-corrected chi connectivity index (χ2v) is 6.46. The van der Waals surface area contributed by atoms with Crippen molar-refractivity contribution in [3.63, 3.8) is 0 Å². The van der Waals surface area contributed by atoms with Crippen LogP contribution in [0.2, 0.25) is 0 Å². The minimum Gasteiger partial charge on any atom is -0.497 e. The average Bonchev–Trinajstić information content (AvgIpc) is 3.37. The molecule has 2 aromatic heterocycles. The van der Waals surface area contributed by atoms with Crippen LogP contribution in [0.3, 0.4) is 0 Å². The van der Waals surface area contributed by atoms with E-state index in [1.807, 2.05) is 54.1 Å². The molecule has 2 heterocycles. The van der Waals surface area contributed by atoms with Gasteiger partial charge < -0.3 is 10.1 Å². The number of methoxy groups -OCH3 is 1. The number of rotatable bonds is 5. The summed E-state index contributed by atoms with van der Waals surface area (Å²) in [7, 11) is 1.65. The maximum atomic E-state index is 12.5. The van der Waals surface area contributed by atoms with Gasteiger partial charge in [0.2, 0.25) is 5.91 Å². The maximum absolute atomic E-state index is 12.5. The normalized spacial score (nSPS) is 18.4. The van der Waals surface area contributed by atoms with Crippen LogP contribution in [-0.4, -0.2) is 27.6 Å². The molecule has 4 rings (SSSR count). The topological polar surface area (TPSA) is 69.0 Å². The second-order valence-electron chi connectivity index (χ2n) is 6.46. The molecule has 6 nitrogen and oxygen atoms in total. The van der Waals surface area contributed by atoms with Gasteiger partial charge in [-0.15, -0.1) is 0 Å². The largest absolute Gasteiger partial charge is 0.497 e. The van der Waals surface area contributed by atoms with Crippen molar-refractivity contribution in [2.24, 2.45) is 5.92 Å². The van der Waals surface area contributed by atoms with Gasteiger partial charge in [-0.25, -0.2) is 9.97 Å². The number of hydrogen-bond acceptors (Lipinski definition) is 4. The molecule has 26 heavy (non-hydrogen) atoms. The number of carbonyl (C=O) groups is 1. The van der Waals surface area contributed by atoms with Gasteiger partial charge in [-0.2, -0.15) is 0 Å². The van der Waals surface area contributed by atoms with E-state index in [1.54, 1.807) is 19.5 Å². The number of benzene rings is 1. The fourth-order valence-corrected chi connectivity index (χ4v) is 3.16.